The summed E-state index contributed by atoms with van der Waals surface area (Å²) in [6.45, 7) is 12.2. The minimum absolute atomic E-state index is 0.139. The van der Waals surface area contributed by atoms with Crippen molar-refractivity contribution in [2.24, 2.45) is 0 Å². The Morgan fingerprint density at radius 1 is 1.23 bits per heavy atom. The van der Waals surface area contributed by atoms with E-state index in [0.29, 0.717) is 12.1 Å². The van der Waals surface area contributed by atoms with Crippen LogP contribution in [0, 0.1) is 0 Å². The second-order valence-electron chi connectivity index (χ2n) is 8.21. The van der Waals surface area contributed by atoms with Crippen LogP contribution in [0.25, 0.3) is 0 Å². The first kappa shape index (κ1) is 19.1. The van der Waals surface area contributed by atoms with Crippen molar-refractivity contribution in [3.8, 4) is 0 Å². The van der Waals surface area contributed by atoms with Crippen LogP contribution in [-0.4, -0.2) is 44.3 Å². The molecule has 1 fully saturated rings. The van der Waals surface area contributed by atoms with Gasteiger partial charge in [-0.25, -0.2) is 0 Å². The molecular formula is C21H33N5. The molecule has 1 aliphatic rings. The monoisotopic (exact) mass is 355 g/mol. The van der Waals surface area contributed by atoms with Crippen LogP contribution in [0.4, 0.5) is 0 Å². The van der Waals surface area contributed by atoms with Crippen molar-refractivity contribution in [1.29, 1.82) is 0 Å². The zero-order valence-corrected chi connectivity index (χ0v) is 16.7. The van der Waals surface area contributed by atoms with Gasteiger partial charge in [-0.3, -0.25) is 4.90 Å². The first-order valence-corrected chi connectivity index (χ1v) is 9.89. The Bertz CT molecular complexity index is 677. The number of nitrogens with zero attached hydrogens (tertiary/aromatic N) is 4. The molecule has 0 amide bonds. The van der Waals surface area contributed by atoms with Crippen molar-refractivity contribution < 1.29 is 0 Å². The highest BCUT2D eigenvalue weighted by atomic mass is 15.3. The largest absolute Gasteiger partial charge is 0.315 e. The van der Waals surface area contributed by atoms with Crippen LogP contribution in [0.5, 0.6) is 0 Å². The highest BCUT2D eigenvalue weighted by molar-refractivity contribution is 5.15. The van der Waals surface area contributed by atoms with E-state index in [1.54, 1.807) is 0 Å². The third-order valence-corrected chi connectivity index (χ3v) is 5.75. The van der Waals surface area contributed by atoms with E-state index in [1.165, 1.54) is 24.9 Å². The molecule has 0 aliphatic carbocycles. The number of likely N-dealkylation sites (tertiary alicyclic amines) is 1. The lowest BCUT2D eigenvalue weighted by Crippen LogP contribution is -2.60. The molecule has 1 atom stereocenters. The average molecular weight is 356 g/mol. The second-order valence-corrected chi connectivity index (χ2v) is 8.21. The lowest BCUT2D eigenvalue weighted by molar-refractivity contribution is 0.0359. The summed E-state index contributed by atoms with van der Waals surface area (Å²) < 4.78 is 2.16. The van der Waals surface area contributed by atoms with Crippen LogP contribution in [-0.2, 0) is 13.0 Å². The number of piperidine rings is 1. The quantitative estimate of drug-likeness (QED) is 0.826. The lowest BCUT2D eigenvalue weighted by Gasteiger charge is -2.48. The molecule has 1 aromatic heterocycles. The van der Waals surface area contributed by atoms with E-state index < -0.39 is 0 Å². The van der Waals surface area contributed by atoms with Crippen LogP contribution in [0.3, 0.4) is 0 Å². The summed E-state index contributed by atoms with van der Waals surface area (Å²) in [6.07, 6.45) is 5.24. The number of hydrogen-bond donors (Lipinski definition) is 1. The van der Waals surface area contributed by atoms with Gasteiger partial charge in [0.1, 0.15) is 12.2 Å². The van der Waals surface area contributed by atoms with Gasteiger partial charge in [-0.15, -0.1) is 10.2 Å². The maximum atomic E-state index is 4.29. The number of nitrogens with one attached hydrogen (secondary N) is 1. The van der Waals surface area contributed by atoms with Gasteiger partial charge in [0.05, 0.1) is 0 Å². The van der Waals surface area contributed by atoms with E-state index in [2.05, 4.69) is 83.0 Å². The van der Waals surface area contributed by atoms with Crippen LogP contribution in [0.1, 0.15) is 58.0 Å². The Labute approximate surface area is 157 Å². The van der Waals surface area contributed by atoms with Crippen LogP contribution in [0.2, 0.25) is 0 Å². The fourth-order valence-corrected chi connectivity index (χ4v) is 4.02. The van der Waals surface area contributed by atoms with Crippen molar-refractivity contribution in [2.45, 2.75) is 71.1 Å². The predicted molar refractivity (Wildman–Crippen MR) is 106 cm³/mol. The normalized spacial score (nSPS) is 20.6. The number of aromatic nitrogens is 3. The van der Waals surface area contributed by atoms with Crippen LogP contribution < -0.4 is 5.32 Å². The molecule has 26 heavy (non-hydrogen) atoms. The first-order chi connectivity index (χ1) is 12.5. The van der Waals surface area contributed by atoms with Crippen molar-refractivity contribution in [2.75, 3.05) is 13.1 Å². The molecule has 142 valence electrons. The molecule has 0 spiro atoms. The van der Waals surface area contributed by atoms with E-state index in [0.717, 1.165) is 25.3 Å². The zero-order chi connectivity index (χ0) is 18.6. The zero-order valence-electron chi connectivity index (χ0n) is 16.7. The van der Waals surface area contributed by atoms with E-state index in [9.17, 15) is 0 Å². The summed E-state index contributed by atoms with van der Waals surface area (Å²) >= 11 is 0. The van der Waals surface area contributed by atoms with Crippen LogP contribution in [0.15, 0.2) is 36.7 Å². The maximum Gasteiger partial charge on any atom is 0.134 e. The second kappa shape index (κ2) is 8.31. The van der Waals surface area contributed by atoms with E-state index in [-0.39, 0.29) is 5.54 Å². The summed E-state index contributed by atoms with van der Waals surface area (Å²) in [6, 6.07) is 11.7. The van der Waals surface area contributed by atoms with E-state index in [1.807, 2.05) is 6.33 Å². The molecule has 1 N–H and O–H groups in total. The molecule has 1 unspecified atom stereocenters. The van der Waals surface area contributed by atoms with Crippen molar-refractivity contribution in [3.63, 3.8) is 0 Å². The van der Waals surface area contributed by atoms with E-state index in [4.69, 9.17) is 0 Å². The Hall–Kier alpha value is -1.72. The maximum absolute atomic E-state index is 4.29. The van der Waals surface area contributed by atoms with Crippen LogP contribution >= 0.6 is 0 Å². The minimum atomic E-state index is 0.139. The average Bonchev–Trinajstić information content (AvgIpc) is 3.08. The standard InChI is InChI=1S/C21H33N5/c1-17(2)26-16-23-24-20(26)12-13-22-19-11-8-14-25(21(19,3)4)15-18-9-6-5-7-10-18/h5-7,9-10,16-17,19,22H,8,11-15H2,1-4H3. The van der Waals surface area contributed by atoms with Gasteiger partial charge >= 0.3 is 0 Å². The van der Waals surface area contributed by atoms with Gasteiger partial charge in [0.15, 0.2) is 0 Å². The summed E-state index contributed by atoms with van der Waals surface area (Å²) in [5, 5.41) is 12.2. The molecule has 5 heteroatoms. The van der Waals surface area contributed by atoms with Gasteiger partial charge in [-0.1, -0.05) is 30.3 Å². The molecule has 3 rings (SSSR count). The van der Waals surface area contributed by atoms with Gasteiger partial charge in [-0.2, -0.15) is 0 Å². The molecule has 1 aromatic carbocycles. The van der Waals surface area contributed by atoms with Gasteiger partial charge in [-0.05, 0) is 52.6 Å². The molecule has 2 aromatic rings. The fraction of sp³-hybridized carbons (Fsp3) is 0.619. The van der Waals surface area contributed by atoms with Crippen molar-refractivity contribution >= 4 is 0 Å². The Kier molecular flexibility index (Phi) is 6.09. The number of rotatable bonds is 7. The predicted octanol–water partition coefficient (Wildman–Crippen LogP) is 3.43. The molecule has 0 radical (unpaired) electrons. The third kappa shape index (κ3) is 4.33. The summed E-state index contributed by atoms with van der Waals surface area (Å²) in [5.74, 6) is 1.07. The molecule has 0 bridgehead atoms. The van der Waals surface area contributed by atoms with E-state index >= 15 is 0 Å². The van der Waals surface area contributed by atoms with Gasteiger partial charge in [0.2, 0.25) is 0 Å². The summed E-state index contributed by atoms with van der Waals surface area (Å²) in [4.78, 5) is 2.63. The SMILES string of the molecule is CC(C)n1cnnc1CCNC1CCCN(Cc2ccccc2)C1(C)C. The molecular weight excluding hydrogens is 322 g/mol. The Morgan fingerprint density at radius 3 is 2.73 bits per heavy atom. The van der Waals surface area contributed by atoms with Gasteiger partial charge in [0.25, 0.3) is 0 Å². The Morgan fingerprint density at radius 2 is 2.00 bits per heavy atom. The molecule has 5 nitrogen and oxygen atoms in total. The molecule has 1 saturated heterocycles. The number of benzene rings is 1. The van der Waals surface area contributed by atoms with Crippen molar-refractivity contribution in [1.82, 2.24) is 25.0 Å². The van der Waals surface area contributed by atoms with Gasteiger partial charge in [0, 0.05) is 37.1 Å². The third-order valence-electron chi connectivity index (χ3n) is 5.75. The molecule has 0 saturated carbocycles. The molecule has 2 heterocycles. The summed E-state index contributed by atoms with van der Waals surface area (Å²) in [7, 11) is 0. The Balaban J connectivity index is 1.58. The smallest absolute Gasteiger partial charge is 0.134 e. The summed E-state index contributed by atoms with van der Waals surface area (Å²) in [5.41, 5.74) is 1.53. The van der Waals surface area contributed by atoms with Crippen molar-refractivity contribution in [3.05, 3.63) is 48.0 Å². The first-order valence-electron chi connectivity index (χ1n) is 9.89. The van der Waals surface area contributed by atoms with Gasteiger partial charge < -0.3 is 9.88 Å². The highest BCUT2D eigenvalue weighted by Crippen LogP contribution is 2.29. The number of hydrogen-bond acceptors (Lipinski definition) is 4. The fourth-order valence-electron chi connectivity index (χ4n) is 4.02. The lowest BCUT2D eigenvalue weighted by atomic mass is 9.84. The highest BCUT2D eigenvalue weighted by Gasteiger charge is 2.37. The molecule has 1 aliphatic heterocycles. The minimum Gasteiger partial charge on any atom is -0.315 e. The topological polar surface area (TPSA) is 46.0 Å².